The van der Waals surface area contributed by atoms with E-state index in [-0.39, 0.29) is 5.92 Å². The number of carbonyl (C=O) groups excluding carboxylic acids is 1. The molecule has 1 fully saturated rings. The summed E-state index contributed by atoms with van der Waals surface area (Å²) < 4.78 is 0. The van der Waals surface area contributed by atoms with Crippen molar-refractivity contribution in [3.05, 3.63) is 35.4 Å². The van der Waals surface area contributed by atoms with E-state index in [0.29, 0.717) is 5.78 Å². The first-order chi connectivity index (χ1) is 7.81. The van der Waals surface area contributed by atoms with Gasteiger partial charge < -0.3 is 5.32 Å². The van der Waals surface area contributed by atoms with Gasteiger partial charge in [0.2, 0.25) is 0 Å². The van der Waals surface area contributed by atoms with Crippen LogP contribution in [0, 0.1) is 5.92 Å². The third kappa shape index (κ3) is 2.50. The maximum atomic E-state index is 12.2. The molecule has 1 unspecified atom stereocenters. The molecule has 0 saturated carbocycles. The molecular weight excluding hydrogens is 198 g/mol. The Morgan fingerprint density at radius 3 is 3.06 bits per heavy atom. The molecule has 16 heavy (non-hydrogen) atoms. The van der Waals surface area contributed by atoms with Crippen LogP contribution in [0.2, 0.25) is 0 Å². The summed E-state index contributed by atoms with van der Waals surface area (Å²) in [6.07, 6.45) is 3.17. The summed E-state index contributed by atoms with van der Waals surface area (Å²) in [5, 5.41) is 3.24. The van der Waals surface area contributed by atoms with Gasteiger partial charge in [0.25, 0.3) is 0 Å². The van der Waals surface area contributed by atoms with Crippen LogP contribution in [0.5, 0.6) is 0 Å². The quantitative estimate of drug-likeness (QED) is 0.785. The summed E-state index contributed by atoms with van der Waals surface area (Å²) in [5.74, 6) is 0.500. The van der Waals surface area contributed by atoms with E-state index >= 15 is 0 Å². The van der Waals surface area contributed by atoms with Crippen LogP contribution in [0.25, 0.3) is 0 Å². The summed E-state index contributed by atoms with van der Waals surface area (Å²) in [6.45, 7) is 3.98. The van der Waals surface area contributed by atoms with Crippen LogP contribution < -0.4 is 5.32 Å². The highest BCUT2D eigenvalue weighted by Gasteiger charge is 2.23. The molecule has 2 rings (SSSR count). The van der Waals surface area contributed by atoms with Gasteiger partial charge in [0.05, 0.1) is 0 Å². The number of benzene rings is 1. The molecule has 86 valence electrons. The van der Waals surface area contributed by atoms with E-state index in [4.69, 9.17) is 0 Å². The van der Waals surface area contributed by atoms with Crippen molar-refractivity contribution in [2.24, 2.45) is 5.92 Å². The van der Waals surface area contributed by atoms with Crippen molar-refractivity contribution in [3.63, 3.8) is 0 Å². The molecular formula is C14H19NO. The van der Waals surface area contributed by atoms with E-state index in [1.165, 1.54) is 5.56 Å². The van der Waals surface area contributed by atoms with E-state index in [1.54, 1.807) is 0 Å². The molecule has 1 heterocycles. The highest BCUT2D eigenvalue weighted by atomic mass is 16.1. The molecule has 1 saturated heterocycles. The van der Waals surface area contributed by atoms with E-state index in [0.717, 1.165) is 37.9 Å². The molecule has 2 heteroatoms. The monoisotopic (exact) mass is 217 g/mol. The second kappa shape index (κ2) is 5.26. The number of hydrogen-bond acceptors (Lipinski definition) is 2. The average Bonchev–Trinajstić information content (AvgIpc) is 2.82. The second-order valence-electron chi connectivity index (χ2n) is 4.50. The highest BCUT2D eigenvalue weighted by Crippen LogP contribution is 2.17. The number of ketones is 1. The first kappa shape index (κ1) is 11.3. The van der Waals surface area contributed by atoms with E-state index < -0.39 is 0 Å². The van der Waals surface area contributed by atoms with Crippen LogP contribution in [0.15, 0.2) is 24.3 Å². The van der Waals surface area contributed by atoms with Crippen LogP contribution in [-0.2, 0) is 6.42 Å². The average molecular weight is 217 g/mol. The molecule has 0 bridgehead atoms. The maximum Gasteiger partial charge on any atom is 0.167 e. The molecule has 1 N–H and O–H groups in total. The predicted octanol–water partition coefficient (Wildman–Crippen LogP) is 2.43. The summed E-state index contributed by atoms with van der Waals surface area (Å²) >= 11 is 0. The van der Waals surface area contributed by atoms with Crippen LogP contribution >= 0.6 is 0 Å². The minimum Gasteiger partial charge on any atom is -0.316 e. The zero-order valence-corrected chi connectivity index (χ0v) is 9.83. The predicted molar refractivity (Wildman–Crippen MR) is 65.7 cm³/mol. The van der Waals surface area contributed by atoms with Crippen molar-refractivity contribution in [1.29, 1.82) is 0 Å². The lowest BCUT2D eigenvalue weighted by Crippen LogP contribution is -2.18. The van der Waals surface area contributed by atoms with Gasteiger partial charge in [-0.25, -0.2) is 0 Å². The Labute approximate surface area is 97.1 Å². The van der Waals surface area contributed by atoms with Gasteiger partial charge in [-0.1, -0.05) is 31.5 Å². The Hall–Kier alpha value is -1.15. The summed E-state index contributed by atoms with van der Waals surface area (Å²) in [4.78, 5) is 12.2. The van der Waals surface area contributed by atoms with Crippen molar-refractivity contribution < 1.29 is 4.79 Å². The molecule has 0 radical (unpaired) electrons. The molecule has 1 aromatic carbocycles. The number of aryl methyl sites for hydroxylation is 1. The summed E-state index contributed by atoms with van der Waals surface area (Å²) in [7, 11) is 0. The molecule has 0 aliphatic carbocycles. The van der Waals surface area contributed by atoms with Crippen LogP contribution in [0.1, 0.15) is 35.7 Å². The van der Waals surface area contributed by atoms with Crippen molar-refractivity contribution in [1.82, 2.24) is 5.32 Å². The van der Waals surface area contributed by atoms with Crippen LogP contribution in [0.3, 0.4) is 0 Å². The Morgan fingerprint density at radius 2 is 2.38 bits per heavy atom. The zero-order valence-electron chi connectivity index (χ0n) is 9.83. The number of nitrogens with one attached hydrogen (secondary N) is 1. The van der Waals surface area contributed by atoms with E-state index in [2.05, 4.69) is 24.4 Å². The molecule has 1 aromatic rings. The fourth-order valence-electron chi connectivity index (χ4n) is 2.28. The molecule has 0 spiro atoms. The lowest BCUT2D eigenvalue weighted by atomic mass is 9.95. The molecule has 0 amide bonds. The fraction of sp³-hybridized carbons (Fsp3) is 0.500. The van der Waals surface area contributed by atoms with Crippen molar-refractivity contribution in [2.75, 3.05) is 13.1 Å². The molecule has 1 atom stereocenters. The van der Waals surface area contributed by atoms with E-state index in [9.17, 15) is 4.79 Å². The SMILES string of the molecule is CCCc1cccc(C(=O)C2CCNC2)c1. The normalized spacial score (nSPS) is 19.9. The lowest BCUT2D eigenvalue weighted by molar-refractivity contribution is 0.0930. The van der Waals surface area contributed by atoms with Gasteiger partial charge >= 0.3 is 0 Å². The molecule has 1 aliphatic rings. The molecule has 1 aliphatic heterocycles. The Morgan fingerprint density at radius 1 is 1.50 bits per heavy atom. The smallest absolute Gasteiger partial charge is 0.167 e. The number of hydrogen-bond donors (Lipinski definition) is 1. The first-order valence-corrected chi connectivity index (χ1v) is 6.15. The Kier molecular flexibility index (Phi) is 3.73. The largest absolute Gasteiger partial charge is 0.316 e. The maximum absolute atomic E-state index is 12.2. The van der Waals surface area contributed by atoms with Gasteiger partial charge in [-0.15, -0.1) is 0 Å². The van der Waals surface area contributed by atoms with Gasteiger partial charge in [-0.05, 0) is 31.0 Å². The minimum absolute atomic E-state index is 0.192. The topological polar surface area (TPSA) is 29.1 Å². The third-order valence-electron chi connectivity index (χ3n) is 3.18. The molecule has 0 aromatic heterocycles. The highest BCUT2D eigenvalue weighted by molar-refractivity contribution is 5.98. The first-order valence-electron chi connectivity index (χ1n) is 6.15. The van der Waals surface area contributed by atoms with Gasteiger partial charge in [-0.3, -0.25) is 4.79 Å². The zero-order chi connectivity index (χ0) is 11.4. The fourth-order valence-corrected chi connectivity index (χ4v) is 2.28. The minimum atomic E-state index is 0.192. The van der Waals surface area contributed by atoms with Gasteiger partial charge in [0.1, 0.15) is 0 Å². The second-order valence-corrected chi connectivity index (χ2v) is 4.50. The van der Waals surface area contributed by atoms with Crippen LogP contribution in [-0.4, -0.2) is 18.9 Å². The third-order valence-corrected chi connectivity index (χ3v) is 3.18. The standard InChI is InChI=1S/C14H19NO/c1-2-4-11-5-3-6-12(9-11)14(16)13-7-8-15-10-13/h3,5-6,9,13,15H,2,4,7-8,10H2,1H3. The van der Waals surface area contributed by atoms with Crippen molar-refractivity contribution in [3.8, 4) is 0 Å². The summed E-state index contributed by atoms with van der Waals surface area (Å²) in [6, 6.07) is 8.11. The van der Waals surface area contributed by atoms with Gasteiger partial charge in [0, 0.05) is 18.0 Å². The Balaban J connectivity index is 2.12. The Bertz CT molecular complexity index is 367. The van der Waals surface area contributed by atoms with Gasteiger partial charge in [0.15, 0.2) is 5.78 Å². The van der Waals surface area contributed by atoms with E-state index in [1.807, 2.05) is 12.1 Å². The number of carbonyl (C=O) groups is 1. The number of rotatable bonds is 4. The van der Waals surface area contributed by atoms with Crippen molar-refractivity contribution in [2.45, 2.75) is 26.2 Å². The van der Waals surface area contributed by atoms with Crippen LogP contribution in [0.4, 0.5) is 0 Å². The summed E-state index contributed by atoms with van der Waals surface area (Å²) in [5.41, 5.74) is 2.17. The number of Topliss-reactive ketones (excluding diaryl/α,β-unsaturated/α-hetero) is 1. The van der Waals surface area contributed by atoms with Gasteiger partial charge in [-0.2, -0.15) is 0 Å². The molecule has 2 nitrogen and oxygen atoms in total. The lowest BCUT2D eigenvalue weighted by Gasteiger charge is -2.08. The van der Waals surface area contributed by atoms with Crippen molar-refractivity contribution >= 4 is 5.78 Å².